The Hall–Kier alpha value is -3.22. The smallest absolute Gasteiger partial charge is 0.347 e. The second kappa shape index (κ2) is 8.85. The minimum absolute atomic E-state index is 0.0179. The van der Waals surface area contributed by atoms with Gasteiger partial charge >= 0.3 is 6.18 Å². The lowest BCUT2D eigenvalue weighted by atomic mass is 10.0. The molecule has 0 aliphatic carbocycles. The molecule has 8 nitrogen and oxygen atoms in total. The van der Waals surface area contributed by atoms with Gasteiger partial charge in [0.1, 0.15) is 23.5 Å². The van der Waals surface area contributed by atoms with E-state index in [0.717, 1.165) is 30.7 Å². The molecular formula is C20H12Cl2F3N5O3S. The van der Waals surface area contributed by atoms with E-state index in [1.807, 2.05) is 0 Å². The van der Waals surface area contributed by atoms with E-state index in [1.54, 1.807) is 12.3 Å². The molecule has 176 valence electrons. The molecule has 2 N–H and O–H groups in total. The van der Waals surface area contributed by atoms with E-state index < -0.39 is 37.5 Å². The molecule has 0 saturated carbocycles. The molecule has 0 radical (unpaired) electrons. The van der Waals surface area contributed by atoms with Gasteiger partial charge in [0.25, 0.3) is 10.0 Å². The van der Waals surface area contributed by atoms with Gasteiger partial charge < -0.3 is 5.32 Å². The van der Waals surface area contributed by atoms with E-state index in [9.17, 15) is 26.4 Å². The Morgan fingerprint density at radius 3 is 2.59 bits per heavy atom. The summed E-state index contributed by atoms with van der Waals surface area (Å²) in [5, 5.41) is 2.19. The second-order valence-electron chi connectivity index (χ2n) is 6.92. The highest BCUT2D eigenvalue weighted by Crippen LogP contribution is 2.36. The summed E-state index contributed by atoms with van der Waals surface area (Å²) in [7, 11) is -4.60. The van der Waals surface area contributed by atoms with Crippen molar-refractivity contribution in [3.05, 3.63) is 81.6 Å². The standard InChI is InChI=1S/C20H12Cl2F3N5O3S/c21-10-6-15(30-34(32,33)11-3-4-14(22)13(7-11)20(23,24)25)17(27-8-10)18(31)16-12-2-1-5-26-19(12)29-9-28-16/h1,3-9,30H,2H2,(H,26,28,29). The number of fused-ring (bicyclic) bond motifs is 1. The monoisotopic (exact) mass is 529 g/mol. The third-order valence-electron chi connectivity index (χ3n) is 4.69. The number of allylic oxidation sites excluding steroid dienone is 1. The number of pyridine rings is 1. The number of carbonyl (C=O) groups is 1. The third-order valence-corrected chi connectivity index (χ3v) is 6.59. The topological polar surface area (TPSA) is 114 Å². The number of anilines is 2. The number of nitrogens with one attached hydrogen (secondary N) is 2. The van der Waals surface area contributed by atoms with Crippen molar-refractivity contribution in [1.82, 2.24) is 15.0 Å². The van der Waals surface area contributed by atoms with Crippen LogP contribution in [0, 0.1) is 0 Å². The molecule has 2 aromatic heterocycles. The number of aromatic nitrogens is 3. The van der Waals surface area contributed by atoms with Crippen LogP contribution >= 0.6 is 23.2 Å². The van der Waals surface area contributed by atoms with Gasteiger partial charge in [0.05, 0.1) is 26.2 Å². The molecule has 0 fully saturated rings. The number of alkyl halides is 3. The van der Waals surface area contributed by atoms with Gasteiger partial charge in [-0.2, -0.15) is 13.2 Å². The van der Waals surface area contributed by atoms with Crippen LogP contribution < -0.4 is 10.0 Å². The first-order valence-corrected chi connectivity index (χ1v) is 11.6. The highest BCUT2D eigenvalue weighted by Gasteiger charge is 2.35. The Kier molecular flexibility index (Phi) is 6.23. The van der Waals surface area contributed by atoms with Crippen LogP contribution in [0.25, 0.3) is 0 Å². The number of rotatable bonds is 5. The van der Waals surface area contributed by atoms with Crippen LogP contribution in [-0.2, 0) is 22.6 Å². The number of ketones is 1. The van der Waals surface area contributed by atoms with Crippen molar-refractivity contribution in [2.45, 2.75) is 17.5 Å². The third kappa shape index (κ3) is 4.69. The molecule has 1 aromatic carbocycles. The molecule has 0 unspecified atom stereocenters. The van der Waals surface area contributed by atoms with E-state index in [1.165, 1.54) is 0 Å². The van der Waals surface area contributed by atoms with Crippen molar-refractivity contribution < 1.29 is 26.4 Å². The first-order valence-electron chi connectivity index (χ1n) is 9.32. The molecule has 34 heavy (non-hydrogen) atoms. The van der Waals surface area contributed by atoms with Gasteiger partial charge in [0.15, 0.2) is 0 Å². The summed E-state index contributed by atoms with van der Waals surface area (Å²) >= 11 is 11.5. The van der Waals surface area contributed by atoms with Crippen LogP contribution in [0.4, 0.5) is 24.7 Å². The van der Waals surface area contributed by atoms with E-state index in [2.05, 4.69) is 25.0 Å². The fraction of sp³-hybridized carbons (Fsp3) is 0.100. The fourth-order valence-electron chi connectivity index (χ4n) is 3.14. The summed E-state index contributed by atoms with van der Waals surface area (Å²) in [5.74, 6) is -0.338. The summed E-state index contributed by atoms with van der Waals surface area (Å²) < 4.78 is 67.5. The Balaban J connectivity index is 1.75. The van der Waals surface area contributed by atoms with Crippen molar-refractivity contribution in [3.8, 4) is 0 Å². The predicted octanol–water partition coefficient (Wildman–Crippen LogP) is 4.71. The summed E-state index contributed by atoms with van der Waals surface area (Å²) in [6.07, 6.45) is 1.12. The molecule has 0 spiro atoms. The summed E-state index contributed by atoms with van der Waals surface area (Å²) in [6, 6.07) is 3.22. The first kappa shape index (κ1) is 23.9. The Morgan fingerprint density at radius 1 is 1.09 bits per heavy atom. The van der Waals surface area contributed by atoms with Crippen molar-refractivity contribution >= 4 is 50.5 Å². The highest BCUT2D eigenvalue weighted by molar-refractivity contribution is 7.92. The molecule has 0 atom stereocenters. The van der Waals surface area contributed by atoms with Crippen molar-refractivity contribution in [3.63, 3.8) is 0 Å². The Bertz CT molecular complexity index is 1450. The lowest BCUT2D eigenvalue weighted by Crippen LogP contribution is -2.19. The average molecular weight is 530 g/mol. The second-order valence-corrected chi connectivity index (χ2v) is 9.45. The molecule has 0 bridgehead atoms. The summed E-state index contributed by atoms with van der Waals surface area (Å²) in [5.41, 5.74) is -1.58. The largest absolute Gasteiger partial charge is 0.417 e. The molecule has 3 heterocycles. The first-order chi connectivity index (χ1) is 16.0. The van der Waals surface area contributed by atoms with Crippen LogP contribution in [0.1, 0.15) is 27.3 Å². The van der Waals surface area contributed by atoms with E-state index in [-0.39, 0.29) is 22.1 Å². The number of nitrogens with zero attached hydrogens (tertiary/aromatic N) is 3. The van der Waals surface area contributed by atoms with Crippen LogP contribution in [-0.4, -0.2) is 29.2 Å². The quantitative estimate of drug-likeness (QED) is 0.460. The molecule has 14 heteroatoms. The predicted molar refractivity (Wildman–Crippen MR) is 118 cm³/mol. The van der Waals surface area contributed by atoms with E-state index in [4.69, 9.17) is 23.2 Å². The zero-order chi connectivity index (χ0) is 24.7. The number of sulfonamides is 1. The van der Waals surface area contributed by atoms with E-state index in [0.29, 0.717) is 23.9 Å². The highest BCUT2D eigenvalue weighted by atomic mass is 35.5. The van der Waals surface area contributed by atoms with Gasteiger partial charge in [-0.1, -0.05) is 29.3 Å². The number of halogens is 5. The van der Waals surface area contributed by atoms with Crippen LogP contribution in [0.3, 0.4) is 0 Å². The molecule has 1 aliphatic rings. The Morgan fingerprint density at radius 2 is 1.85 bits per heavy atom. The number of benzene rings is 1. The lowest BCUT2D eigenvalue weighted by molar-refractivity contribution is -0.137. The minimum atomic E-state index is -4.88. The molecule has 0 amide bonds. The number of hydrogen-bond donors (Lipinski definition) is 2. The maximum Gasteiger partial charge on any atom is 0.417 e. The summed E-state index contributed by atoms with van der Waals surface area (Å²) in [6.45, 7) is 0. The van der Waals surface area contributed by atoms with Gasteiger partial charge in [-0.15, -0.1) is 0 Å². The van der Waals surface area contributed by atoms with Crippen LogP contribution in [0.15, 0.2) is 54.0 Å². The molecule has 4 rings (SSSR count). The van der Waals surface area contributed by atoms with Crippen molar-refractivity contribution in [2.75, 3.05) is 10.0 Å². The molecule has 3 aromatic rings. The molecule has 1 aliphatic heterocycles. The van der Waals surface area contributed by atoms with Crippen LogP contribution in [0.5, 0.6) is 0 Å². The zero-order valence-electron chi connectivity index (χ0n) is 16.7. The maximum atomic E-state index is 13.3. The lowest BCUT2D eigenvalue weighted by Gasteiger charge is -2.16. The van der Waals surface area contributed by atoms with Gasteiger partial charge in [0, 0.05) is 11.8 Å². The van der Waals surface area contributed by atoms with Crippen molar-refractivity contribution in [2.24, 2.45) is 0 Å². The number of carbonyl (C=O) groups excluding carboxylic acids is 1. The van der Waals surface area contributed by atoms with Gasteiger partial charge in [-0.25, -0.2) is 23.4 Å². The molecular weight excluding hydrogens is 518 g/mol. The average Bonchev–Trinajstić information content (AvgIpc) is 2.77. The zero-order valence-corrected chi connectivity index (χ0v) is 19.0. The van der Waals surface area contributed by atoms with Gasteiger partial charge in [-0.05, 0) is 36.9 Å². The van der Waals surface area contributed by atoms with Crippen LogP contribution in [0.2, 0.25) is 10.0 Å². The van der Waals surface area contributed by atoms with Gasteiger partial charge in [-0.3, -0.25) is 9.52 Å². The minimum Gasteiger partial charge on any atom is -0.347 e. The normalized spacial score (nSPS) is 13.2. The number of hydrogen-bond acceptors (Lipinski definition) is 7. The SMILES string of the molecule is O=C(c1ncc(Cl)cc1NS(=O)(=O)c1ccc(Cl)c(C(F)(F)F)c1)c1ncnc2c1CC=CN2. The Labute approximate surface area is 200 Å². The summed E-state index contributed by atoms with van der Waals surface area (Å²) in [4.78, 5) is 24.5. The van der Waals surface area contributed by atoms with Gasteiger partial charge in [0.2, 0.25) is 5.78 Å². The molecule has 0 saturated heterocycles. The fourth-order valence-corrected chi connectivity index (χ4v) is 4.61. The van der Waals surface area contributed by atoms with Crippen molar-refractivity contribution in [1.29, 1.82) is 0 Å². The maximum absolute atomic E-state index is 13.3. The van der Waals surface area contributed by atoms with E-state index >= 15 is 0 Å².